The van der Waals surface area contributed by atoms with Gasteiger partial charge in [0.1, 0.15) is 0 Å². The first kappa shape index (κ1) is 11.8. The molecule has 4 unspecified atom stereocenters. The van der Waals surface area contributed by atoms with Crippen molar-refractivity contribution in [3.8, 4) is 0 Å². The molecular formula is C13H25NS. The van der Waals surface area contributed by atoms with Gasteiger partial charge in [-0.25, -0.2) is 0 Å². The minimum atomic E-state index is 0.809. The van der Waals surface area contributed by atoms with E-state index >= 15 is 0 Å². The van der Waals surface area contributed by atoms with Crippen molar-refractivity contribution in [1.29, 1.82) is 0 Å². The molecule has 0 aliphatic heterocycles. The minimum absolute atomic E-state index is 0.809. The van der Waals surface area contributed by atoms with Crippen molar-refractivity contribution in [2.45, 2.75) is 68.4 Å². The van der Waals surface area contributed by atoms with Crippen LogP contribution in [-0.2, 0) is 0 Å². The van der Waals surface area contributed by atoms with Gasteiger partial charge in [-0.2, -0.15) is 11.8 Å². The van der Waals surface area contributed by atoms with Crippen molar-refractivity contribution in [1.82, 2.24) is 5.32 Å². The third-order valence-electron chi connectivity index (χ3n) is 4.07. The lowest BCUT2D eigenvalue weighted by Gasteiger charge is -2.28. The highest BCUT2D eigenvalue weighted by Crippen LogP contribution is 2.39. The lowest BCUT2D eigenvalue weighted by atomic mass is 9.91. The number of nitrogens with one attached hydrogen (secondary N) is 1. The Balaban J connectivity index is 1.72. The molecule has 2 aliphatic carbocycles. The number of thioether (sulfide) groups is 1. The molecule has 0 radical (unpaired) electrons. The van der Waals surface area contributed by atoms with E-state index in [1.165, 1.54) is 44.9 Å². The largest absolute Gasteiger partial charge is 0.317 e. The quantitative estimate of drug-likeness (QED) is 0.792. The topological polar surface area (TPSA) is 12.0 Å². The normalized spacial score (nSPS) is 42.0. The maximum atomic E-state index is 3.43. The van der Waals surface area contributed by atoms with Crippen LogP contribution < -0.4 is 5.32 Å². The van der Waals surface area contributed by atoms with Crippen LogP contribution in [0.25, 0.3) is 0 Å². The van der Waals surface area contributed by atoms with Crippen molar-refractivity contribution in [2.24, 2.45) is 5.92 Å². The second kappa shape index (κ2) is 5.58. The first-order valence-electron chi connectivity index (χ1n) is 6.60. The van der Waals surface area contributed by atoms with Crippen molar-refractivity contribution in [3.63, 3.8) is 0 Å². The number of hydrogen-bond donors (Lipinski definition) is 1. The highest BCUT2D eigenvalue weighted by molar-refractivity contribution is 8.00. The molecule has 0 heterocycles. The Morgan fingerprint density at radius 2 is 1.80 bits per heavy atom. The Bertz CT molecular complexity index is 195. The molecule has 1 N–H and O–H groups in total. The van der Waals surface area contributed by atoms with Gasteiger partial charge >= 0.3 is 0 Å². The lowest BCUT2D eigenvalue weighted by Crippen LogP contribution is -2.22. The summed E-state index contributed by atoms with van der Waals surface area (Å²) in [5.74, 6) is 0.984. The van der Waals surface area contributed by atoms with Crippen molar-refractivity contribution in [3.05, 3.63) is 0 Å². The van der Waals surface area contributed by atoms with Gasteiger partial charge in [-0.1, -0.05) is 19.8 Å². The van der Waals surface area contributed by atoms with Gasteiger partial charge in [0.2, 0.25) is 0 Å². The van der Waals surface area contributed by atoms with E-state index in [2.05, 4.69) is 31.1 Å². The summed E-state index contributed by atoms with van der Waals surface area (Å²) in [5.41, 5.74) is 0. The average Bonchev–Trinajstić information content (AvgIpc) is 2.65. The summed E-state index contributed by atoms with van der Waals surface area (Å²) < 4.78 is 0. The van der Waals surface area contributed by atoms with Gasteiger partial charge in [0.05, 0.1) is 0 Å². The fourth-order valence-corrected chi connectivity index (χ4v) is 5.00. The molecule has 0 aromatic carbocycles. The van der Waals surface area contributed by atoms with Crippen LogP contribution in [0.4, 0.5) is 0 Å². The predicted molar refractivity (Wildman–Crippen MR) is 69.5 cm³/mol. The number of hydrogen-bond acceptors (Lipinski definition) is 2. The second-order valence-corrected chi connectivity index (χ2v) is 7.06. The lowest BCUT2D eigenvalue weighted by molar-refractivity contribution is 0.393. The molecule has 0 spiro atoms. The smallest absolute Gasteiger partial charge is 0.00750 e. The monoisotopic (exact) mass is 227 g/mol. The van der Waals surface area contributed by atoms with Gasteiger partial charge in [0.25, 0.3) is 0 Å². The summed E-state index contributed by atoms with van der Waals surface area (Å²) >= 11 is 2.31. The van der Waals surface area contributed by atoms with Crippen LogP contribution in [-0.4, -0.2) is 23.6 Å². The average molecular weight is 227 g/mol. The Kier molecular flexibility index (Phi) is 4.39. The first-order chi connectivity index (χ1) is 7.28. The van der Waals surface area contributed by atoms with Crippen LogP contribution in [0.5, 0.6) is 0 Å². The molecule has 15 heavy (non-hydrogen) atoms. The summed E-state index contributed by atoms with van der Waals surface area (Å²) in [6.07, 6.45) is 10.2. The summed E-state index contributed by atoms with van der Waals surface area (Å²) in [4.78, 5) is 0. The standard InChI is InChI=1S/C13H25NS/c1-10-4-3-5-12(8-10)15-13-7-6-11(9-13)14-2/h10-14H,3-9H2,1-2H3. The molecule has 2 saturated carbocycles. The Labute approximate surface area is 98.8 Å². The summed E-state index contributed by atoms with van der Waals surface area (Å²) in [6.45, 7) is 2.43. The molecule has 88 valence electrons. The fraction of sp³-hybridized carbons (Fsp3) is 1.00. The van der Waals surface area contributed by atoms with Crippen LogP contribution in [0.15, 0.2) is 0 Å². The Hall–Kier alpha value is 0.310. The summed E-state index contributed by atoms with van der Waals surface area (Å²) in [5, 5.41) is 5.36. The number of rotatable bonds is 3. The first-order valence-corrected chi connectivity index (χ1v) is 7.55. The van der Waals surface area contributed by atoms with E-state index in [0.29, 0.717) is 0 Å². The van der Waals surface area contributed by atoms with Crippen molar-refractivity contribution >= 4 is 11.8 Å². The predicted octanol–water partition coefficient (Wildman–Crippen LogP) is 3.44. The molecular weight excluding hydrogens is 202 g/mol. The molecule has 0 aromatic rings. The highest BCUT2D eigenvalue weighted by atomic mass is 32.2. The van der Waals surface area contributed by atoms with E-state index in [9.17, 15) is 0 Å². The highest BCUT2D eigenvalue weighted by Gasteiger charge is 2.28. The van der Waals surface area contributed by atoms with Crippen molar-refractivity contribution in [2.75, 3.05) is 7.05 Å². The zero-order valence-corrected chi connectivity index (χ0v) is 11.0. The Morgan fingerprint density at radius 1 is 1.00 bits per heavy atom. The third kappa shape index (κ3) is 3.39. The summed E-state index contributed by atoms with van der Waals surface area (Å²) in [6, 6.07) is 0.809. The zero-order chi connectivity index (χ0) is 10.7. The molecule has 0 bridgehead atoms. The van der Waals surface area contributed by atoms with E-state index in [1.54, 1.807) is 0 Å². The van der Waals surface area contributed by atoms with Gasteiger partial charge in [-0.3, -0.25) is 0 Å². The van der Waals surface area contributed by atoms with E-state index in [0.717, 1.165) is 22.5 Å². The van der Waals surface area contributed by atoms with Crippen LogP contribution >= 0.6 is 11.8 Å². The van der Waals surface area contributed by atoms with E-state index in [4.69, 9.17) is 0 Å². The molecule has 2 fully saturated rings. The molecule has 2 aliphatic rings. The molecule has 2 heteroatoms. The summed E-state index contributed by atoms with van der Waals surface area (Å²) in [7, 11) is 2.11. The van der Waals surface area contributed by atoms with Gasteiger partial charge in [0.15, 0.2) is 0 Å². The van der Waals surface area contributed by atoms with Crippen LogP contribution in [0, 0.1) is 5.92 Å². The van der Waals surface area contributed by atoms with Gasteiger partial charge in [-0.05, 0) is 45.1 Å². The maximum Gasteiger partial charge on any atom is 0.00750 e. The van der Waals surface area contributed by atoms with Crippen molar-refractivity contribution < 1.29 is 0 Å². The fourth-order valence-electron chi connectivity index (χ4n) is 3.10. The van der Waals surface area contributed by atoms with E-state index < -0.39 is 0 Å². The SMILES string of the molecule is CNC1CCC(SC2CCCC(C)C2)C1. The Morgan fingerprint density at radius 3 is 2.47 bits per heavy atom. The zero-order valence-electron chi connectivity index (χ0n) is 10.2. The molecule has 0 saturated heterocycles. The van der Waals surface area contributed by atoms with E-state index in [1.807, 2.05) is 0 Å². The van der Waals surface area contributed by atoms with Gasteiger partial charge in [-0.15, -0.1) is 0 Å². The maximum absolute atomic E-state index is 3.43. The second-order valence-electron chi connectivity index (χ2n) is 5.45. The third-order valence-corrected chi connectivity index (χ3v) is 5.69. The van der Waals surface area contributed by atoms with E-state index in [-0.39, 0.29) is 0 Å². The van der Waals surface area contributed by atoms with Crippen LogP contribution in [0.1, 0.15) is 51.9 Å². The molecule has 0 amide bonds. The van der Waals surface area contributed by atoms with Crippen LogP contribution in [0.3, 0.4) is 0 Å². The molecule has 0 aromatic heterocycles. The molecule has 2 rings (SSSR count). The van der Waals surface area contributed by atoms with Gasteiger partial charge in [0, 0.05) is 16.5 Å². The molecule has 4 atom stereocenters. The van der Waals surface area contributed by atoms with Crippen LogP contribution in [0.2, 0.25) is 0 Å². The molecule has 1 nitrogen and oxygen atoms in total. The van der Waals surface area contributed by atoms with Gasteiger partial charge < -0.3 is 5.32 Å². The minimum Gasteiger partial charge on any atom is -0.317 e.